The second-order valence-electron chi connectivity index (χ2n) is 5.15. The maximum absolute atomic E-state index is 13.5. The summed E-state index contributed by atoms with van der Waals surface area (Å²) in [6, 6.07) is 13.6. The van der Waals surface area contributed by atoms with Gasteiger partial charge in [0.15, 0.2) is 5.11 Å². The minimum Gasteiger partial charge on any atom is -0.360 e. The summed E-state index contributed by atoms with van der Waals surface area (Å²) in [5, 5.41) is 6.17. The Balaban J connectivity index is 1.81. The molecule has 0 saturated heterocycles. The highest BCUT2D eigenvalue weighted by atomic mass is 32.1. The molecule has 2 aromatic rings. The molecule has 0 aliphatic carbocycles. The first-order valence-electron chi connectivity index (χ1n) is 7.11. The van der Waals surface area contributed by atoms with Crippen LogP contribution in [0.5, 0.6) is 0 Å². The summed E-state index contributed by atoms with van der Waals surface area (Å²) < 4.78 is 26.4. The molecule has 0 heterocycles. The van der Waals surface area contributed by atoms with Gasteiger partial charge in [-0.3, -0.25) is 0 Å². The van der Waals surface area contributed by atoms with Crippen LogP contribution in [-0.4, -0.2) is 11.2 Å². The molecule has 2 N–H and O–H groups in total. The monoisotopic (exact) mass is 320 g/mol. The van der Waals surface area contributed by atoms with Crippen LogP contribution >= 0.6 is 12.2 Å². The predicted octanol–water partition coefficient (Wildman–Crippen LogP) is 4.27. The minimum absolute atomic E-state index is 0.142. The summed E-state index contributed by atoms with van der Waals surface area (Å²) in [6.45, 7) is 2.01. The molecule has 2 rings (SSSR count). The summed E-state index contributed by atoms with van der Waals surface area (Å²) in [5.74, 6) is -1.28. The van der Waals surface area contributed by atoms with Gasteiger partial charge in [0.1, 0.15) is 11.6 Å². The van der Waals surface area contributed by atoms with Crippen molar-refractivity contribution in [2.45, 2.75) is 25.8 Å². The fourth-order valence-corrected chi connectivity index (χ4v) is 2.38. The van der Waals surface area contributed by atoms with Gasteiger partial charge in [-0.15, -0.1) is 0 Å². The lowest BCUT2D eigenvalue weighted by Crippen LogP contribution is -2.36. The Morgan fingerprint density at radius 3 is 2.55 bits per heavy atom. The first-order chi connectivity index (χ1) is 10.5. The molecular formula is C17H18F2N2S. The summed E-state index contributed by atoms with van der Waals surface area (Å²) in [5.41, 5.74) is 1.42. The predicted molar refractivity (Wildman–Crippen MR) is 89.9 cm³/mol. The van der Waals surface area contributed by atoms with Crippen molar-refractivity contribution < 1.29 is 8.78 Å². The third kappa shape index (κ3) is 5.07. The second kappa shape index (κ2) is 7.84. The van der Waals surface area contributed by atoms with E-state index in [1.165, 1.54) is 17.7 Å². The van der Waals surface area contributed by atoms with Crippen LogP contribution in [0.15, 0.2) is 48.5 Å². The van der Waals surface area contributed by atoms with E-state index in [-0.39, 0.29) is 11.7 Å². The SMILES string of the molecule is C[C@@H](CCc1ccccc1)NC(=S)Nc1ccc(F)cc1F. The number of anilines is 1. The van der Waals surface area contributed by atoms with Crippen LogP contribution in [0.3, 0.4) is 0 Å². The molecule has 22 heavy (non-hydrogen) atoms. The molecule has 0 aromatic heterocycles. The number of rotatable bonds is 5. The minimum atomic E-state index is -0.666. The maximum atomic E-state index is 13.5. The third-order valence-corrected chi connectivity index (χ3v) is 3.49. The Morgan fingerprint density at radius 1 is 1.14 bits per heavy atom. The number of aryl methyl sites for hydroxylation is 1. The molecule has 0 saturated carbocycles. The Hall–Kier alpha value is -2.01. The van der Waals surface area contributed by atoms with Gasteiger partial charge < -0.3 is 10.6 Å². The van der Waals surface area contributed by atoms with Crippen molar-refractivity contribution in [3.8, 4) is 0 Å². The Morgan fingerprint density at radius 2 is 1.86 bits per heavy atom. The lowest BCUT2D eigenvalue weighted by Gasteiger charge is -2.17. The van der Waals surface area contributed by atoms with E-state index in [9.17, 15) is 8.78 Å². The van der Waals surface area contributed by atoms with Gasteiger partial charge in [-0.05, 0) is 49.7 Å². The van der Waals surface area contributed by atoms with E-state index in [0.717, 1.165) is 18.9 Å². The molecule has 0 radical (unpaired) electrons. The van der Waals surface area contributed by atoms with Gasteiger partial charge in [0, 0.05) is 12.1 Å². The molecule has 0 aliphatic heterocycles. The first kappa shape index (κ1) is 16.4. The Labute approximate surface area is 134 Å². The number of hydrogen-bond donors (Lipinski definition) is 2. The van der Waals surface area contributed by atoms with Crippen molar-refractivity contribution in [3.63, 3.8) is 0 Å². The van der Waals surface area contributed by atoms with E-state index >= 15 is 0 Å². The largest absolute Gasteiger partial charge is 0.360 e. The Bertz CT molecular complexity index is 632. The topological polar surface area (TPSA) is 24.1 Å². The van der Waals surface area contributed by atoms with Crippen LogP contribution in [0.2, 0.25) is 0 Å². The van der Waals surface area contributed by atoms with Crippen LogP contribution in [0.4, 0.5) is 14.5 Å². The number of benzene rings is 2. The zero-order chi connectivity index (χ0) is 15.9. The van der Waals surface area contributed by atoms with Crippen LogP contribution in [0.25, 0.3) is 0 Å². The number of thiocarbonyl (C=S) groups is 1. The number of nitrogens with one attached hydrogen (secondary N) is 2. The van der Waals surface area contributed by atoms with E-state index in [0.29, 0.717) is 5.11 Å². The lowest BCUT2D eigenvalue weighted by atomic mass is 10.1. The summed E-state index contributed by atoms with van der Waals surface area (Å²) in [6.07, 6.45) is 1.83. The third-order valence-electron chi connectivity index (χ3n) is 3.27. The summed E-state index contributed by atoms with van der Waals surface area (Å²) in [4.78, 5) is 0. The molecule has 0 amide bonds. The van der Waals surface area contributed by atoms with Crippen LogP contribution in [-0.2, 0) is 6.42 Å². The van der Waals surface area contributed by atoms with Crippen molar-refractivity contribution in [1.82, 2.24) is 5.32 Å². The molecular weight excluding hydrogens is 302 g/mol. The molecule has 0 bridgehead atoms. The van der Waals surface area contributed by atoms with E-state index in [1.807, 2.05) is 25.1 Å². The van der Waals surface area contributed by atoms with Gasteiger partial charge in [0.25, 0.3) is 0 Å². The highest BCUT2D eigenvalue weighted by Gasteiger charge is 2.08. The van der Waals surface area contributed by atoms with Crippen LogP contribution in [0.1, 0.15) is 18.9 Å². The van der Waals surface area contributed by atoms with Gasteiger partial charge in [-0.2, -0.15) is 0 Å². The summed E-state index contributed by atoms with van der Waals surface area (Å²) in [7, 11) is 0. The zero-order valence-electron chi connectivity index (χ0n) is 12.3. The maximum Gasteiger partial charge on any atom is 0.171 e. The average Bonchev–Trinajstić information content (AvgIpc) is 2.49. The number of hydrogen-bond acceptors (Lipinski definition) is 1. The van der Waals surface area contributed by atoms with Crippen molar-refractivity contribution in [2.75, 3.05) is 5.32 Å². The smallest absolute Gasteiger partial charge is 0.171 e. The lowest BCUT2D eigenvalue weighted by molar-refractivity contribution is 0.585. The normalized spacial score (nSPS) is 11.8. The first-order valence-corrected chi connectivity index (χ1v) is 7.52. The van der Waals surface area contributed by atoms with Crippen molar-refractivity contribution in [3.05, 3.63) is 65.7 Å². The van der Waals surface area contributed by atoms with Crippen molar-refractivity contribution in [1.29, 1.82) is 0 Å². The fraction of sp³-hybridized carbons (Fsp3) is 0.235. The summed E-state index contributed by atoms with van der Waals surface area (Å²) >= 11 is 5.15. The van der Waals surface area contributed by atoms with Crippen molar-refractivity contribution in [2.24, 2.45) is 0 Å². The molecule has 2 aromatic carbocycles. The van der Waals surface area contributed by atoms with E-state index in [1.54, 1.807) is 0 Å². The van der Waals surface area contributed by atoms with Crippen LogP contribution in [0, 0.1) is 11.6 Å². The highest BCUT2D eigenvalue weighted by molar-refractivity contribution is 7.80. The standard InChI is InChI=1S/C17H18F2N2S/c1-12(7-8-13-5-3-2-4-6-13)20-17(22)21-16-10-9-14(18)11-15(16)19/h2-6,9-12H,7-8H2,1H3,(H2,20,21,22)/t12-/m0/s1. The van der Waals surface area contributed by atoms with Gasteiger partial charge in [0.2, 0.25) is 0 Å². The molecule has 2 nitrogen and oxygen atoms in total. The molecule has 0 unspecified atom stereocenters. The average molecular weight is 320 g/mol. The van der Waals surface area contributed by atoms with Gasteiger partial charge in [0.05, 0.1) is 5.69 Å². The fourth-order valence-electron chi connectivity index (χ4n) is 2.07. The van der Waals surface area contributed by atoms with E-state index in [2.05, 4.69) is 22.8 Å². The molecule has 116 valence electrons. The Kier molecular flexibility index (Phi) is 5.83. The zero-order valence-corrected chi connectivity index (χ0v) is 13.1. The molecule has 5 heteroatoms. The quantitative estimate of drug-likeness (QED) is 0.805. The second-order valence-corrected chi connectivity index (χ2v) is 5.56. The molecule has 0 fully saturated rings. The molecule has 0 aliphatic rings. The highest BCUT2D eigenvalue weighted by Crippen LogP contribution is 2.14. The van der Waals surface area contributed by atoms with Crippen LogP contribution < -0.4 is 10.6 Å². The van der Waals surface area contributed by atoms with Gasteiger partial charge in [-0.25, -0.2) is 8.78 Å². The van der Waals surface area contributed by atoms with Gasteiger partial charge in [-0.1, -0.05) is 30.3 Å². The van der Waals surface area contributed by atoms with Gasteiger partial charge >= 0.3 is 0 Å². The van der Waals surface area contributed by atoms with Crippen molar-refractivity contribution >= 4 is 23.0 Å². The molecule has 0 spiro atoms. The van der Waals surface area contributed by atoms with E-state index in [4.69, 9.17) is 12.2 Å². The number of halogens is 2. The van der Waals surface area contributed by atoms with E-state index < -0.39 is 11.6 Å². The molecule has 1 atom stereocenters.